The summed E-state index contributed by atoms with van der Waals surface area (Å²) in [5.74, 6) is -0.448. The first kappa shape index (κ1) is 13.7. The first-order chi connectivity index (χ1) is 9.54. The Labute approximate surface area is 117 Å². The summed E-state index contributed by atoms with van der Waals surface area (Å²) in [6.45, 7) is 2.28. The molecule has 0 saturated heterocycles. The number of allylic oxidation sites excluding steroid dienone is 2. The van der Waals surface area contributed by atoms with Crippen LogP contribution in [0.15, 0.2) is 34.9 Å². The summed E-state index contributed by atoms with van der Waals surface area (Å²) in [6, 6.07) is 5.01. The Morgan fingerprint density at radius 1 is 1.40 bits per heavy atom. The third-order valence-corrected chi connectivity index (χ3v) is 3.08. The van der Waals surface area contributed by atoms with Crippen molar-refractivity contribution in [1.82, 2.24) is 0 Å². The van der Waals surface area contributed by atoms with Gasteiger partial charge in [0, 0.05) is 12.1 Å². The number of nitrogens with zero attached hydrogens (tertiary/aromatic N) is 2. The number of hydrogen-bond donors (Lipinski definition) is 3. The van der Waals surface area contributed by atoms with Crippen LogP contribution in [0.5, 0.6) is 11.5 Å². The van der Waals surface area contributed by atoms with Gasteiger partial charge in [-0.15, -0.1) is 0 Å². The van der Waals surface area contributed by atoms with Gasteiger partial charge in [0.2, 0.25) is 0 Å². The molecular formula is C15H15N3O2. The maximum Gasteiger partial charge on any atom is 0.160 e. The van der Waals surface area contributed by atoms with Gasteiger partial charge in [-0.25, -0.2) is 0 Å². The second-order valence-corrected chi connectivity index (χ2v) is 4.52. The standard InChI is InChI=1S/C15H15N3O2/c1-9-6-10(7-13(19)15(9)20)14(17)11(8-16)12-4-2-3-5-18-12/h2,4,6-7,19-20H,3,5,17H2,1H3/b14-11-. The molecule has 4 N–H and O–H groups in total. The number of aryl methyl sites for hydroxylation is 1. The van der Waals surface area contributed by atoms with Gasteiger partial charge >= 0.3 is 0 Å². The maximum absolute atomic E-state index is 9.64. The number of benzene rings is 1. The Balaban J connectivity index is 2.55. The molecule has 5 heteroatoms. The molecule has 1 aromatic rings. The number of nitrogens with two attached hydrogens (primary N) is 1. The van der Waals surface area contributed by atoms with Crippen molar-refractivity contribution in [3.05, 3.63) is 41.0 Å². The summed E-state index contributed by atoms with van der Waals surface area (Å²) in [4.78, 5) is 4.27. The normalized spacial score (nSPS) is 15.3. The van der Waals surface area contributed by atoms with Gasteiger partial charge in [0.25, 0.3) is 0 Å². The van der Waals surface area contributed by atoms with E-state index in [1.165, 1.54) is 6.07 Å². The SMILES string of the molecule is Cc1cc(/C(N)=C(\C#N)C2=NCCC=C2)cc(O)c1O. The highest BCUT2D eigenvalue weighted by Crippen LogP contribution is 2.32. The Morgan fingerprint density at radius 2 is 2.15 bits per heavy atom. The molecule has 0 bridgehead atoms. The van der Waals surface area contributed by atoms with Crippen molar-refractivity contribution in [1.29, 1.82) is 5.26 Å². The fourth-order valence-electron chi connectivity index (χ4n) is 1.99. The minimum Gasteiger partial charge on any atom is -0.504 e. The molecular weight excluding hydrogens is 254 g/mol. The molecule has 20 heavy (non-hydrogen) atoms. The maximum atomic E-state index is 9.64. The van der Waals surface area contributed by atoms with E-state index in [1.54, 1.807) is 19.1 Å². The van der Waals surface area contributed by atoms with Gasteiger partial charge in [0.1, 0.15) is 11.6 Å². The van der Waals surface area contributed by atoms with Crippen molar-refractivity contribution in [2.45, 2.75) is 13.3 Å². The van der Waals surface area contributed by atoms with Crippen LogP contribution in [0.3, 0.4) is 0 Å². The zero-order valence-corrected chi connectivity index (χ0v) is 11.1. The molecule has 1 aromatic carbocycles. The highest BCUT2D eigenvalue weighted by atomic mass is 16.3. The Hall–Kier alpha value is -2.74. The summed E-state index contributed by atoms with van der Waals surface area (Å²) in [6.07, 6.45) is 4.55. The van der Waals surface area contributed by atoms with E-state index >= 15 is 0 Å². The van der Waals surface area contributed by atoms with Crippen molar-refractivity contribution in [2.75, 3.05) is 6.54 Å². The average Bonchev–Trinajstić information content (AvgIpc) is 2.46. The topological polar surface area (TPSA) is 103 Å². The molecule has 0 aromatic heterocycles. The van der Waals surface area contributed by atoms with Gasteiger partial charge < -0.3 is 15.9 Å². The molecule has 0 fully saturated rings. The lowest BCUT2D eigenvalue weighted by molar-refractivity contribution is 0.401. The lowest BCUT2D eigenvalue weighted by atomic mass is 10.00. The number of dihydropyridines is 1. The molecule has 2 rings (SSSR count). The highest BCUT2D eigenvalue weighted by molar-refractivity contribution is 6.15. The van der Waals surface area contributed by atoms with Crippen LogP contribution < -0.4 is 5.73 Å². The van der Waals surface area contributed by atoms with Gasteiger partial charge in [-0.05, 0) is 37.1 Å². The number of hydrogen-bond acceptors (Lipinski definition) is 5. The smallest absolute Gasteiger partial charge is 0.160 e. The van der Waals surface area contributed by atoms with Crippen LogP contribution in [0, 0.1) is 18.3 Å². The van der Waals surface area contributed by atoms with Gasteiger partial charge in [-0.1, -0.05) is 6.08 Å². The predicted octanol–water partition coefficient (Wildman–Crippen LogP) is 2.00. The molecule has 1 aliphatic heterocycles. The molecule has 5 nitrogen and oxygen atoms in total. The number of aromatic hydroxyl groups is 2. The Bertz CT molecular complexity index is 656. The van der Waals surface area contributed by atoms with Gasteiger partial charge in [0.15, 0.2) is 11.5 Å². The number of phenolic OH excluding ortho intramolecular Hbond substituents is 2. The van der Waals surface area contributed by atoms with Gasteiger partial charge in [-0.2, -0.15) is 5.26 Å². The van der Waals surface area contributed by atoms with Crippen LogP contribution >= 0.6 is 0 Å². The van der Waals surface area contributed by atoms with Crippen LogP contribution in [-0.4, -0.2) is 22.5 Å². The minimum atomic E-state index is -0.263. The van der Waals surface area contributed by atoms with Crippen LogP contribution in [0.4, 0.5) is 0 Å². The van der Waals surface area contributed by atoms with Crippen LogP contribution in [-0.2, 0) is 0 Å². The Kier molecular flexibility index (Phi) is 3.76. The number of nitriles is 1. The van der Waals surface area contributed by atoms with E-state index < -0.39 is 0 Å². The van der Waals surface area contributed by atoms with E-state index in [2.05, 4.69) is 11.1 Å². The third kappa shape index (κ3) is 2.50. The third-order valence-electron chi connectivity index (χ3n) is 3.08. The largest absolute Gasteiger partial charge is 0.504 e. The molecule has 102 valence electrons. The summed E-state index contributed by atoms with van der Waals surface area (Å²) in [5.41, 5.74) is 8.03. The van der Waals surface area contributed by atoms with Crippen molar-refractivity contribution in [3.63, 3.8) is 0 Å². The highest BCUT2D eigenvalue weighted by Gasteiger charge is 2.14. The quantitative estimate of drug-likeness (QED) is 0.564. The predicted molar refractivity (Wildman–Crippen MR) is 77.3 cm³/mol. The summed E-state index contributed by atoms with van der Waals surface area (Å²) in [7, 11) is 0. The fourth-order valence-corrected chi connectivity index (χ4v) is 1.99. The van der Waals surface area contributed by atoms with E-state index in [1.807, 2.05) is 6.08 Å². The number of rotatable bonds is 2. The van der Waals surface area contributed by atoms with Crippen LogP contribution in [0.1, 0.15) is 17.5 Å². The van der Waals surface area contributed by atoms with Gasteiger partial charge in [-0.3, -0.25) is 4.99 Å². The summed E-state index contributed by atoms with van der Waals surface area (Å²) in [5, 5.41) is 28.5. The van der Waals surface area contributed by atoms with E-state index in [-0.39, 0.29) is 22.8 Å². The second-order valence-electron chi connectivity index (χ2n) is 4.52. The molecule has 0 spiro atoms. The van der Waals surface area contributed by atoms with Crippen LogP contribution in [0.2, 0.25) is 0 Å². The van der Waals surface area contributed by atoms with Crippen molar-refractivity contribution in [3.8, 4) is 17.6 Å². The summed E-state index contributed by atoms with van der Waals surface area (Å²) >= 11 is 0. The molecule has 1 aliphatic rings. The lowest BCUT2D eigenvalue weighted by Gasteiger charge is -2.11. The van der Waals surface area contributed by atoms with E-state index in [0.29, 0.717) is 23.4 Å². The summed E-state index contributed by atoms with van der Waals surface area (Å²) < 4.78 is 0. The molecule has 1 heterocycles. The molecule has 0 amide bonds. The first-order valence-electron chi connectivity index (χ1n) is 6.18. The zero-order chi connectivity index (χ0) is 14.7. The second kappa shape index (κ2) is 5.49. The van der Waals surface area contributed by atoms with E-state index in [9.17, 15) is 15.5 Å². The average molecular weight is 269 g/mol. The minimum absolute atomic E-state index is 0.185. The number of aliphatic imine (C=N–C) groups is 1. The number of phenols is 2. The lowest BCUT2D eigenvalue weighted by Crippen LogP contribution is -2.10. The first-order valence-corrected chi connectivity index (χ1v) is 6.18. The zero-order valence-electron chi connectivity index (χ0n) is 11.1. The molecule has 0 radical (unpaired) electrons. The Morgan fingerprint density at radius 3 is 2.70 bits per heavy atom. The molecule has 0 saturated carbocycles. The van der Waals surface area contributed by atoms with E-state index in [4.69, 9.17) is 5.73 Å². The molecule has 0 aliphatic carbocycles. The van der Waals surface area contributed by atoms with Gasteiger partial charge in [0.05, 0.1) is 11.4 Å². The molecule has 0 atom stereocenters. The van der Waals surface area contributed by atoms with Crippen LogP contribution in [0.25, 0.3) is 5.70 Å². The monoisotopic (exact) mass is 269 g/mol. The van der Waals surface area contributed by atoms with E-state index in [0.717, 1.165) is 6.42 Å². The van der Waals surface area contributed by atoms with Crippen molar-refractivity contribution in [2.24, 2.45) is 10.7 Å². The molecule has 0 unspecified atom stereocenters. The fraction of sp³-hybridized carbons (Fsp3) is 0.200. The van der Waals surface area contributed by atoms with Crippen molar-refractivity contribution >= 4 is 11.4 Å². The van der Waals surface area contributed by atoms with Crippen molar-refractivity contribution < 1.29 is 10.2 Å².